The van der Waals surface area contributed by atoms with Gasteiger partial charge >= 0.3 is 0 Å². The van der Waals surface area contributed by atoms with Crippen LogP contribution in [0, 0.1) is 0 Å². The number of aliphatic hydroxyl groups is 1. The second-order valence-electron chi connectivity index (χ2n) is 3.39. The lowest BCUT2D eigenvalue weighted by molar-refractivity contribution is -0.123. The number of benzene rings is 1. The van der Waals surface area contributed by atoms with Crippen molar-refractivity contribution >= 4 is 21.8 Å². The molecule has 1 aromatic carbocycles. The normalized spacial score (nSPS) is 11.9. The molecule has 16 heavy (non-hydrogen) atoms. The molecule has 0 saturated heterocycles. The van der Waals surface area contributed by atoms with Gasteiger partial charge in [-0.15, -0.1) is 0 Å². The number of rotatable bonds is 5. The van der Waals surface area contributed by atoms with Gasteiger partial charge in [0, 0.05) is 10.5 Å². The van der Waals surface area contributed by atoms with Crippen molar-refractivity contribution in [2.45, 2.75) is 13.0 Å². The number of carbonyl (C=O) groups is 1. The second-order valence-corrected chi connectivity index (χ2v) is 4.31. The van der Waals surface area contributed by atoms with Crippen molar-refractivity contribution < 1.29 is 14.6 Å². The van der Waals surface area contributed by atoms with Crippen molar-refractivity contribution in [1.29, 1.82) is 0 Å². The molecule has 0 radical (unpaired) electrons. The molecular weight excluding hydrogens is 274 g/mol. The Balaban J connectivity index is 2.34. The highest BCUT2D eigenvalue weighted by Crippen LogP contribution is 2.15. The van der Waals surface area contributed by atoms with Crippen molar-refractivity contribution in [2.24, 2.45) is 0 Å². The standard InChI is InChI=1S/C11H14BrNO3/c1-8(6-14)13-11(15)7-16-10-4-2-9(12)3-5-10/h2-5,8,14H,6-7H2,1H3,(H,13,15)/t8-/m1/s1. The molecule has 1 atom stereocenters. The van der Waals surface area contributed by atoms with Crippen molar-refractivity contribution in [3.63, 3.8) is 0 Å². The van der Waals surface area contributed by atoms with Crippen molar-refractivity contribution in [3.05, 3.63) is 28.7 Å². The van der Waals surface area contributed by atoms with Crippen LogP contribution in [0.4, 0.5) is 0 Å². The molecule has 0 aliphatic carbocycles. The molecule has 2 N–H and O–H groups in total. The molecule has 1 amide bonds. The second kappa shape index (κ2) is 6.50. The van der Waals surface area contributed by atoms with Gasteiger partial charge in [0.2, 0.25) is 0 Å². The molecule has 1 aromatic rings. The Kier molecular flexibility index (Phi) is 5.28. The molecule has 4 nitrogen and oxygen atoms in total. The van der Waals surface area contributed by atoms with Gasteiger partial charge in [0.25, 0.3) is 5.91 Å². The van der Waals surface area contributed by atoms with Gasteiger partial charge in [-0.05, 0) is 31.2 Å². The van der Waals surface area contributed by atoms with E-state index in [1.54, 1.807) is 19.1 Å². The molecule has 88 valence electrons. The summed E-state index contributed by atoms with van der Waals surface area (Å²) in [7, 11) is 0. The minimum atomic E-state index is -0.249. The van der Waals surface area contributed by atoms with Crippen LogP contribution in [-0.2, 0) is 4.79 Å². The average Bonchev–Trinajstić information content (AvgIpc) is 2.28. The van der Waals surface area contributed by atoms with Gasteiger partial charge in [-0.1, -0.05) is 15.9 Å². The SMILES string of the molecule is C[C@H](CO)NC(=O)COc1ccc(Br)cc1. The molecule has 0 bridgehead atoms. The summed E-state index contributed by atoms with van der Waals surface area (Å²) in [5, 5.41) is 11.3. The quantitative estimate of drug-likeness (QED) is 0.859. The summed E-state index contributed by atoms with van der Waals surface area (Å²) in [6, 6.07) is 6.97. The maximum Gasteiger partial charge on any atom is 0.258 e. The average molecular weight is 288 g/mol. The highest BCUT2D eigenvalue weighted by atomic mass is 79.9. The van der Waals surface area contributed by atoms with E-state index in [2.05, 4.69) is 21.2 Å². The third-order valence-electron chi connectivity index (χ3n) is 1.86. The van der Waals surface area contributed by atoms with Gasteiger partial charge in [-0.25, -0.2) is 0 Å². The van der Waals surface area contributed by atoms with E-state index < -0.39 is 0 Å². The number of aliphatic hydroxyl groups excluding tert-OH is 1. The van der Waals surface area contributed by atoms with E-state index in [9.17, 15) is 4.79 Å². The largest absolute Gasteiger partial charge is 0.484 e. The fourth-order valence-corrected chi connectivity index (χ4v) is 1.31. The third-order valence-corrected chi connectivity index (χ3v) is 2.39. The Hall–Kier alpha value is -1.07. The van der Waals surface area contributed by atoms with E-state index in [0.717, 1.165) is 4.47 Å². The van der Waals surface area contributed by atoms with Gasteiger partial charge in [0.05, 0.1) is 6.61 Å². The summed E-state index contributed by atoms with van der Waals surface area (Å²) in [5.74, 6) is 0.388. The lowest BCUT2D eigenvalue weighted by atomic mass is 10.3. The van der Waals surface area contributed by atoms with Gasteiger partial charge < -0.3 is 15.2 Å². The van der Waals surface area contributed by atoms with Crippen LogP contribution in [0.1, 0.15) is 6.92 Å². The summed E-state index contributed by atoms with van der Waals surface area (Å²) in [5.41, 5.74) is 0. The number of amides is 1. The molecule has 0 aromatic heterocycles. The molecule has 0 aliphatic heterocycles. The molecule has 0 aliphatic rings. The predicted octanol–water partition coefficient (Wildman–Crippen LogP) is 1.32. The first-order valence-corrected chi connectivity index (χ1v) is 5.69. The maximum atomic E-state index is 11.3. The van der Waals surface area contributed by atoms with Crippen molar-refractivity contribution in [2.75, 3.05) is 13.2 Å². The molecule has 5 heteroatoms. The monoisotopic (exact) mass is 287 g/mol. The smallest absolute Gasteiger partial charge is 0.258 e. The number of halogens is 1. The fourth-order valence-electron chi connectivity index (χ4n) is 1.04. The highest BCUT2D eigenvalue weighted by molar-refractivity contribution is 9.10. The van der Waals surface area contributed by atoms with E-state index in [1.165, 1.54) is 0 Å². The van der Waals surface area contributed by atoms with Crippen molar-refractivity contribution in [1.82, 2.24) is 5.32 Å². The minimum absolute atomic E-state index is 0.0496. The van der Waals surface area contributed by atoms with Crippen LogP contribution < -0.4 is 10.1 Å². The summed E-state index contributed by atoms with van der Waals surface area (Å²) < 4.78 is 6.21. The van der Waals surface area contributed by atoms with Crippen molar-refractivity contribution in [3.8, 4) is 5.75 Å². The number of nitrogens with one attached hydrogen (secondary N) is 1. The Morgan fingerprint density at radius 3 is 2.69 bits per heavy atom. The van der Waals surface area contributed by atoms with E-state index in [0.29, 0.717) is 5.75 Å². The van der Waals surface area contributed by atoms with E-state index >= 15 is 0 Å². The fraction of sp³-hybridized carbons (Fsp3) is 0.364. The molecule has 1 rings (SSSR count). The first kappa shape index (κ1) is 13.0. The van der Waals surface area contributed by atoms with Crippen LogP contribution in [0.2, 0.25) is 0 Å². The number of hydrogen-bond donors (Lipinski definition) is 2. The summed E-state index contributed by atoms with van der Waals surface area (Å²) >= 11 is 3.30. The van der Waals surface area contributed by atoms with Crippen LogP contribution in [0.5, 0.6) is 5.75 Å². The molecule has 0 fully saturated rings. The summed E-state index contributed by atoms with van der Waals surface area (Å²) in [4.78, 5) is 11.3. The molecule has 0 unspecified atom stereocenters. The summed E-state index contributed by atoms with van der Waals surface area (Å²) in [6.07, 6.45) is 0. The van der Waals surface area contributed by atoms with Crippen LogP contribution in [0.25, 0.3) is 0 Å². The Morgan fingerprint density at radius 1 is 1.50 bits per heavy atom. The topological polar surface area (TPSA) is 58.6 Å². The summed E-state index contributed by atoms with van der Waals surface area (Å²) in [6.45, 7) is 1.59. The van der Waals surface area contributed by atoms with Gasteiger partial charge in [0.15, 0.2) is 6.61 Å². The van der Waals surface area contributed by atoms with Gasteiger partial charge in [-0.2, -0.15) is 0 Å². The zero-order valence-electron chi connectivity index (χ0n) is 8.94. The van der Waals surface area contributed by atoms with Gasteiger partial charge in [-0.3, -0.25) is 4.79 Å². The zero-order chi connectivity index (χ0) is 12.0. The van der Waals surface area contributed by atoms with Gasteiger partial charge in [0.1, 0.15) is 5.75 Å². The molecule has 0 saturated carbocycles. The number of ether oxygens (including phenoxy) is 1. The Bertz CT molecular complexity index is 340. The Morgan fingerprint density at radius 2 is 2.12 bits per heavy atom. The van der Waals surface area contributed by atoms with Crippen LogP contribution in [0.15, 0.2) is 28.7 Å². The molecule has 0 spiro atoms. The first-order chi connectivity index (χ1) is 7.61. The van der Waals surface area contributed by atoms with E-state index in [4.69, 9.17) is 9.84 Å². The van der Waals surface area contributed by atoms with E-state index in [1.807, 2.05) is 12.1 Å². The van der Waals surface area contributed by atoms with Crippen LogP contribution in [0.3, 0.4) is 0 Å². The predicted molar refractivity (Wildman–Crippen MR) is 64.3 cm³/mol. The van der Waals surface area contributed by atoms with E-state index in [-0.39, 0.29) is 25.2 Å². The lowest BCUT2D eigenvalue weighted by Gasteiger charge is -2.11. The maximum absolute atomic E-state index is 11.3. The minimum Gasteiger partial charge on any atom is -0.484 e. The highest BCUT2D eigenvalue weighted by Gasteiger charge is 2.06. The molecular formula is C11H14BrNO3. The van der Waals surface area contributed by atoms with Crippen LogP contribution >= 0.6 is 15.9 Å². The number of hydrogen-bond acceptors (Lipinski definition) is 3. The third kappa shape index (κ3) is 4.63. The molecule has 0 heterocycles. The lowest BCUT2D eigenvalue weighted by Crippen LogP contribution is -2.38. The zero-order valence-corrected chi connectivity index (χ0v) is 10.5. The van der Waals surface area contributed by atoms with Crippen LogP contribution in [-0.4, -0.2) is 30.3 Å². The Labute approximate surface area is 103 Å². The number of carbonyl (C=O) groups excluding carboxylic acids is 1. The first-order valence-electron chi connectivity index (χ1n) is 4.90.